The molecule has 7 heteroatoms. The van der Waals surface area contributed by atoms with Crippen LogP contribution >= 0.6 is 0 Å². The first-order chi connectivity index (χ1) is 14.0. The molecule has 2 heterocycles. The predicted molar refractivity (Wildman–Crippen MR) is 114 cm³/mol. The Balaban J connectivity index is 1.82. The second-order valence-electron chi connectivity index (χ2n) is 7.79. The van der Waals surface area contributed by atoms with E-state index < -0.39 is 0 Å². The topological polar surface area (TPSA) is 71.7 Å². The molecule has 152 valence electrons. The summed E-state index contributed by atoms with van der Waals surface area (Å²) in [5, 5.41) is 0.559. The third-order valence-corrected chi connectivity index (χ3v) is 5.25. The molecule has 0 atom stereocenters. The summed E-state index contributed by atoms with van der Waals surface area (Å²) in [6, 6.07) is 7.44. The van der Waals surface area contributed by atoms with E-state index in [4.69, 9.17) is 14.1 Å². The van der Waals surface area contributed by atoms with Gasteiger partial charge in [0.25, 0.3) is 0 Å². The summed E-state index contributed by atoms with van der Waals surface area (Å²) in [6.45, 7) is 1.66. The molecular formula is C22H26N4O3. The lowest BCUT2D eigenvalue weighted by Crippen LogP contribution is -2.29. The highest BCUT2D eigenvalue weighted by molar-refractivity contribution is 5.85. The standard InChI is InChI=1S/C22H26N4O3/c1-25(2)10-11-26(3)20-16(6-5-9-23-20)21-24-18-13-15(28-4)12-17(14-7-8-14)19(18)22(27)29-21/h5-6,9,12-14H,7-8,10-11H2,1-4H3. The Morgan fingerprint density at radius 2 is 2.00 bits per heavy atom. The Morgan fingerprint density at radius 3 is 2.69 bits per heavy atom. The molecule has 0 bridgehead atoms. The second-order valence-corrected chi connectivity index (χ2v) is 7.79. The first-order valence-electron chi connectivity index (χ1n) is 9.82. The largest absolute Gasteiger partial charge is 0.497 e. The van der Waals surface area contributed by atoms with Crippen molar-refractivity contribution in [2.75, 3.05) is 46.2 Å². The maximum Gasteiger partial charge on any atom is 0.347 e. The van der Waals surface area contributed by atoms with E-state index in [0.29, 0.717) is 28.1 Å². The highest BCUT2D eigenvalue weighted by Gasteiger charge is 2.28. The predicted octanol–water partition coefficient (Wildman–Crippen LogP) is 3.13. The Kier molecular flexibility index (Phi) is 5.24. The number of benzene rings is 1. The van der Waals surface area contributed by atoms with Crippen LogP contribution in [-0.2, 0) is 0 Å². The van der Waals surface area contributed by atoms with Gasteiger partial charge in [0.15, 0.2) is 0 Å². The van der Waals surface area contributed by atoms with Crippen LogP contribution in [0.5, 0.6) is 5.75 Å². The van der Waals surface area contributed by atoms with Crippen LogP contribution in [0.15, 0.2) is 39.7 Å². The fraction of sp³-hybridized carbons (Fsp3) is 0.409. The van der Waals surface area contributed by atoms with Gasteiger partial charge in [-0.3, -0.25) is 0 Å². The maximum absolute atomic E-state index is 12.9. The van der Waals surface area contributed by atoms with Crippen molar-refractivity contribution < 1.29 is 9.15 Å². The van der Waals surface area contributed by atoms with Crippen LogP contribution in [0.4, 0.5) is 5.82 Å². The van der Waals surface area contributed by atoms with Gasteiger partial charge in [-0.1, -0.05) is 0 Å². The van der Waals surface area contributed by atoms with Crippen molar-refractivity contribution in [1.29, 1.82) is 0 Å². The Labute approximate surface area is 169 Å². The summed E-state index contributed by atoms with van der Waals surface area (Å²) in [6.07, 6.45) is 3.89. The zero-order valence-electron chi connectivity index (χ0n) is 17.3. The van der Waals surface area contributed by atoms with E-state index in [1.807, 2.05) is 44.2 Å². The molecule has 0 amide bonds. The summed E-state index contributed by atoms with van der Waals surface area (Å²) in [5.41, 5.74) is 1.91. The van der Waals surface area contributed by atoms with Crippen LogP contribution < -0.4 is 15.3 Å². The van der Waals surface area contributed by atoms with Gasteiger partial charge >= 0.3 is 5.63 Å². The van der Waals surface area contributed by atoms with Gasteiger partial charge in [-0.15, -0.1) is 0 Å². The molecule has 1 aliphatic carbocycles. The first kappa shape index (κ1) is 19.4. The summed E-state index contributed by atoms with van der Waals surface area (Å²) in [7, 11) is 7.66. The number of methoxy groups -OCH3 is 1. The number of hydrogen-bond donors (Lipinski definition) is 0. The Bertz CT molecular complexity index is 1090. The number of rotatable bonds is 7. The summed E-state index contributed by atoms with van der Waals surface area (Å²) < 4.78 is 11.1. The van der Waals surface area contributed by atoms with Crippen LogP contribution in [0.3, 0.4) is 0 Å². The molecule has 3 aromatic rings. The van der Waals surface area contributed by atoms with Crippen LogP contribution in [-0.4, -0.2) is 56.2 Å². The normalized spacial score (nSPS) is 13.8. The molecule has 1 aromatic carbocycles. The van der Waals surface area contributed by atoms with Gasteiger partial charge in [0.1, 0.15) is 11.6 Å². The smallest absolute Gasteiger partial charge is 0.347 e. The summed E-state index contributed by atoms with van der Waals surface area (Å²) >= 11 is 0. The molecule has 4 rings (SSSR count). The quantitative estimate of drug-likeness (QED) is 0.610. The van der Waals surface area contributed by atoms with Gasteiger partial charge in [0.2, 0.25) is 5.89 Å². The highest BCUT2D eigenvalue weighted by Crippen LogP contribution is 2.44. The minimum Gasteiger partial charge on any atom is -0.497 e. The molecule has 0 spiro atoms. The fourth-order valence-corrected chi connectivity index (χ4v) is 3.48. The lowest BCUT2D eigenvalue weighted by molar-refractivity contribution is 0.414. The van der Waals surface area contributed by atoms with Crippen LogP contribution in [0.2, 0.25) is 0 Å². The van der Waals surface area contributed by atoms with Crippen LogP contribution in [0.25, 0.3) is 22.4 Å². The summed E-state index contributed by atoms with van der Waals surface area (Å²) in [4.78, 5) is 26.3. The van der Waals surface area contributed by atoms with Crippen LogP contribution in [0, 0.1) is 0 Å². The van der Waals surface area contributed by atoms with E-state index in [9.17, 15) is 4.79 Å². The monoisotopic (exact) mass is 394 g/mol. The zero-order chi connectivity index (χ0) is 20.5. The van der Waals surface area contributed by atoms with Crippen molar-refractivity contribution in [1.82, 2.24) is 14.9 Å². The van der Waals surface area contributed by atoms with Crippen molar-refractivity contribution >= 4 is 16.7 Å². The van der Waals surface area contributed by atoms with Crippen LogP contribution in [0.1, 0.15) is 24.3 Å². The Hall–Kier alpha value is -2.93. The maximum atomic E-state index is 12.9. The molecule has 1 fully saturated rings. The molecule has 29 heavy (non-hydrogen) atoms. The van der Waals surface area contributed by atoms with E-state index in [2.05, 4.69) is 9.88 Å². The lowest BCUT2D eigenvalue weighted by atomic mass is 10.0. The van der Waals surface area contributed by atoms with E-state index >= 15 is 0 Å². The number of fused-ring (bicyclic) bond motifs is 1. The van der Waals surface area contributed by atoms with E-state index in [1.165, 1.54) is 0 Å². The first-order valence-corrected chi connectivity index (χ1v) is 9.82. The SMILES string of the molecule is COc1cc(C2CC2)c2c(=O)oc(-c3cccnc3N(C)CCN(C)C)nc2c1. The fourth-order valence-electron chi connectivity index (χ4n) is 3.48. The van der Waals surface area contributed by atoms with Gasteiger partial charge in [-0.2, -0.15) is 0 Å². The number of hydrogen-bond acceptors (Lipinski definition) is 7. The second kappa shape index (κ2) is 7.83. The molecule has 1 saturated carbocycles. The van der Waals surface area contributed by atoms with Gasteiger partial charge in [0.05, 0.1) is 23.6 Å². The van der Waals surface area contributed by atoms with Gasteiger partial charge in [0, 0.05) is 32.4 Å². The molecule has 0 unspecified atom stereocenters. The lowest BCUT2D eigenvalue weighted by Gasteiger charge is -2.22. The van der Waals surface area contributed by atoms with E-state index in [0.717, 1.165) is 37.3 Å². The minimum atomic E-state index is -0.361. The van der Waals surface area contributed by atoms with E-state index in [-0.39, 0.29) is 11.5 Å². The van der Waals surface area contributed by atoms with Crippen molar-refractivity contribution in [3.05, 3.63) is 46.4 Å². The molecule has 0 radical (unpaired) electrons. The molecule has 7 nitrogen and oxygen atoms in total. The van der Waals surface area contributed by atoms with Gasteiger partial charge in [-0.25, -0.2) is 14.8 Å². The highest BCUT2D eigenvalue weighted by atomic mass is 16.5. The van der Waals surface area contributed by atoms with Gasteiger partial charge < -0.3 is 19.0 Å². The Morgan fingerprint density at radius 1 is 1.21 bits per heavy atom. The number of anilines is 1. The third kappa shape index (κ3) is 3.96. The molecular weight excluding hydrogens is 368 g/mol. The zero-order valence-corrected chi connectivity index (χ0v) is 17.3. The molecule has 0 aliphatic heterocycles. The number of nitrogens with zero attached hydrogens (tertiary/aromatic N) is 4. The third-order valence-electron chi connectivity index (χ3n) is 5.25. The summed E-state index contributed by atoms with van der Waals surface area (Å²) in [5.74, 6) is 2.10. The molecule has 0 N–H and O–H groups in total. The van der Waals surface area contributed by atoms with E-state index in [1.54, 1.807) is 19.4 Å². The molecule has 0 saturated heterocycles. The number of pyridine rings is 1. The molecule has 1 aliphatic rings. The number of aromatic nitrogens is 2. The van der Waals surface area contributed by atoms with Crippen molar-refractivity contribution in [2.24, 2.45) is 0 Å². The number of ether oxygens (including phenoxy) is 1. The average molecular weight is 394 g/mol. The minimum absolute atomic E-state index is 0.275. The van der Waals surface area contributed by atoms with Crippen molar-refractivity contribution in [3.8, 4) is 17.2 Å². The number of likely N-dealkylation sites (N-methyl/N-ethyl adjacent to an activating group) is 2. The van der Waals surface area contributed by atoms with Crippen molar-refractivity contribution in [3.63, 3.8) is 0 Å². The average Bonchev–Trinajstić information content (AvgIpc) is 3.56. The van der Waals surface area contributed by atoms with Crippen molar-refractivity contribution in [2.45, 2.75) is 18.8 Å². The molecule has 2 aromatic heterocycles. The van der Waals surface area contributed by atoms with Gasteiger partial charge in [-0.05, 0) is 56.6 Å².